The van der Waals surface area contributed by atoms with Crippen LogP contribution in [-0.2, 0) is 11.2 Å². The molecule has 24 heavy (non-hydrogen) atoms. The molecule has 1 heterocycles. The van der Waals surface area contributed by atoms with Crippen LogP contribution in [-0.4, -0.2) is 43.9 Å². The number of amides is 1. The number of carbonyl (C=O) groups is 1. The molecular weight excluding hydrogens is 345 g/mol. The fraction of sp³-hybridized carbons (Fsp3) is 0.562. The Morgan fingerprint density at radius 3 is 2.75 bits per heavy atom. The second-order valence-corrected chi connectivity index (χ2v) is 5.71. The normalized spacial score (nSPS) is 17.5. The fourth-order valence-electron chi connectivity index (χ4n) is 2.85. The number of rotatable bonds is 6. The van der Waals surface area contributed by atoms with E-state index in [1.165, 1.54) is 12.1 Å². The van der Waals surface area contributed by atoms with E-state index in [2.05, 4.69) is 10.1 Å². The lowest BCUT2D eigenvalue weighted by molar-refractivity contribution is -0.274. The molecule has 136 valence electrons. The van der Waals surface area contributed by atoms with E-state index in [1.807, 2.05) is 7.05 Å². The summed E-state index contributed by atoms with van der Waals surface area (Å²) in [5.41, 5.74) is 0.393. The van der Waals surface area contributed by atoms with Gasteiger partial charge >= 0.3 is 6.36 Å². The molecule has 1 aliphatic rings. The summed E-state index contributed by atoms with van der Waals surface area (Å²) in [4.78, 5) is 14.0. The van der Waals surface area contributed by atoms with Crippen LogP contribution in [0.1, 0.15) is 18.4 Å². The zero-order valence-corrected chi connectivity index (χ0v) is 14.3. The maximum Gasteiger partial charge on any atom is 0.573 e. The van der Waals surface area contributed by atoms with Gasteiger partial charge in [-0.15, -0.1) is 25.6 Å². The second kappa shape index (κ2) is 9.13. The minimum absolute atomic E-state index is 0. The van der Waals surface area contributed by atoms with Crippen molar-refractivity contribution in [3.05, 3.63) is 29.8 Å². The van der Waals surface area contributed by atoms with Crippen LogP contribution in [0.25, 0.3) is 0 Å². The summed E-state index contributed by atoms with van der Waals surface area (Å²) in [6.45, 7) is 2.29. The van der Waals surface area contributed by atoms with Crippen LogP contribution >= 0.6 is 12.4 Å². The molecular formula is C16H22ClF3N2O2. The molecule has 1 aromatic rings. The molecule has 0 bridgehead atoms. The number of nitrogens with one attached hydrogen (secondary N) is 1. The Bertz CT molecular complexity index is 540. The molecule has 0 aliphatic carbocycles. The summed E-state index contributed by atoms with van der Waals surface area (Å²) in [6, 6.07) is 5.95. The first-order chi connectivity index (χ1) is 10.9. The molecule has 1 fully saturated rings. The quantitative estimate of drug-likeness (QED) is 0.841. The van der Waals surface area contributed by atoms with Crippen molar-refractivity contribution in [2.45, 2.75) is 25.6 Å². The predicted octanol–water partition coefficient (Wildman–Crippen LogP) is 3.01. The summed E-state index contributed by atoms with van der Waals surface area (Å²) in [5.74, 6) is 0.192. The summed E-state index contributed by atoms with van der Waals surface area (Å²) >= 11 is 0. The Balaban J connectivity index is 0.00000288. The van der Waals surface area contributed by atoms with Crippen molar-refractivity contribution in [1.82, 2.24) is 10.2 Å². The van der Waals surface area contributed by atoms with Crippen LogP contribution in [0.5, 0.6) is 5.75 Å². The third-order valence-electron chi connectivity index (χ3n) is 3.94. The van der Waals surface area contributed by atoms with Gasteiger partial charge in [0.2, 0.25) is 5.91 Å². The van der Waals surface area contributed by atoms with Crippen molar-refractivity contribution in [1.29, 1.82) is 0 Å². The molecule has 1 unspecified atom stereocenters. The van der Waals surface area contributed by atoms with E-state index >= 15 is 0 Å². The maximum atomic E-state index is 12.4. The third kappa shape index (κ3) is 6.20. The van der Waals surface area contributed by atoms with Crippen LogP contribution in [0.15, 0.2) is 24.3 Å². The van der Waals surface area contributed by atoms with E-state index in [9.17, 15) is 18.0 Å². The zero-order chi connectivity index (χ0) is 16.9. The molecule has 1 saturated heterocycles. The van der Waals surface area contributed by atoms with Crippen LogP contribution in [0.4, 0.5) is 13.2 Å². The minimum atomic E-state index is -4.73. The predicted molar refractivity (Wildman–Crippen MR) is 87.3 cm³/mol. The van der Waals surface area contributed by atoms with Gasteiger partial charge in [0.15, 0.2) is 0 Å². The Labute approximate surface area is 145 Å². The number of carbonyl (C=O) groups excluding carboxylic acids is 1. The van der Waals surface area contributed by atoms with Crippen molar-refractivity contribution in [2.24, 2.45) is 5.92 Å². The number of benzene rings is 1. The molecule has 1 amide bonds. The van der Waals surface area contributed by atoms with Gasteiger partial charge in [0.25, 0.3) is 0 Å². The van der Waals surface area contributed by atoms with Gasteiger partial charge < -0.3 is 15.0 Å². The van der Waals surface area contributed by atoms with Crippen molar-refractivity contribution in [3.8, 4) is 5.75 Å². The lowest BCUT2D eigenvalue weighted by atomic mass is 10.1. The van der Waals surface area contributed by atoms with Gasteiger partial charge in [0.1, 0.15) is 5.75 Å². The molecule has 0 aromatic heterocycles. The average molecular weight is 367 g/mol. The number of ether oxygens (including phenoxy) is 1. The third-order valence-corrected chi connectivity index (χ3v) is 3.94. The molecule has 0 radical (unpaired) electrons. The largest absolute Gasteiger partial charge is 0.573 e. The highest BCUT2D eigenvalue weighted by Gasteiger charge is 2.32. The molecule has 4 nitrogen and oxygen atoms in total. The van der Waals surface area contributed by atoms with Crippen molar-refractivity contribution in [3.63, 3.8) is 0 Å². The van der Waals surface area contributed by atoms with E-state index < -0.39 is 6.36 Å². The van der Waals surface area contributed by atoms with Gasteiger partial charge in [-0.3, -0.25) is 4.79 Å². The van der Waals surface area contributed by atoms with E-state index in [4.69, 9.17) is 0 Å². The van der Waals surface area contributed by atoms with Crippen molar-refractivity contribution in [2.75, 3.05) is 26.7 Å². The lowest BCUT2D eigenvalue weighted by Crippen LogP contribution is -2.30. The number of alkyl halides is 3. The molecule has 1 aliphatic heterocycles. The van der Waals surface area contributed by atoms with Crippen molar-refractivity contribution < 1.29 is 22.7 Å². The van der Waals surface area contributed by atoms with Crippen LogP contribution < -0.4 is 10.1 Å². The first-order valence-corrected chi connectivity index (χ1v) is 7.65. The molecule has 2 rings (SSSR count). The topological polar surface area (TPSA) is 41.6 Å². The Morgan fingerprint density at radius 1 is 1.38 bits per heavy atom. The highest BCUT2D eigenvalue weighted by Crippen LogP contribution is 2.27. The smallest absolute Gasteiger partial charge is 0.406 e. The lowest BCUT2D eigenvalue weighted by Gasteiger charge is -2.17. The molecule has 1 N–H and O–H groups in total. The molecule has 0 saturated carbocycles. The number of halogens is 4. The number of hydrogen-bond donors (Lipinski definition) is 1. The van der Waals surface area contributed by atoms with E-state index in [0.717, 1.165) is 13.0 Å². The maximum absolute atomic E-state index is 12.4. The van der Waals surface area contributed by atoms with Gasteiger partial charge in [-0.05, 0) is 44.0 Å². The van der Waals surface area contributed by atoms with E-state index in [-0.39, 0.29) is 36.9 Å². The number of para-hydroxylation sites is 1. The summed E-state index contributed by atoms with van der Waals surface area (Å²) in [6.07, 6.45) is -3.35. The number of aryl methyl sites for hydroxylation is 1. The Kier molecular flexibility index (Phi) is 7.83. The zero-order valence-electron chi connectivity index (χ0n) is 13.4. The van der Waals surface area contributed by atoms with Gasteiger partial charge in [-0.1, -0.05) is 18.2 Å². The Hall–Kier alpha value is -1.47. The molecule has 1 atom stereocenters. The standard InChI is InChI=1S/C16H21F3N2O2.ClH/c1-20-10-12-8-9-21(11-12)15(22)7-6-13-4-2-3-5-14(13)23-16(17,18)19;/h2-5,12,20H,6-11H2,1H3;1H. The van der Waals surface area contributed by atoms with Crippen LogP contribution in [0, 0.1) is 5.92 Å². The summed E-state index contributed by atoms with van der Waals surface area (Å²) in [7, 11) is 1.88. The molecule has 0 spiro atoms. The van der Waals surface area contributed by atoms with Gasteiger partial charge in [-0.25, -0.2) is 0 Å². The van der Waals surface area contributed by atoms with Gasteiger partial charge in [0, 0.05) is 19.5 Å². The summed E-state index contributed by atoms with van der Waals surface area (Å²) < 4.78 is 41.1. The van der Waals surface area contributed by atoms with Crippen LogP contribution in [0.2, 0.25) is 0 Å². The monoisotopic (exact) mass is 366 g/mol. The number of hydrogen-bond acceptors (Lipinski definition) is 3. The molecule has 1 aromatic carbocycles. The fourth-order valence-corrected chi connectivity index (χ4v) is 2.85. The first kappa shape index (κ1) is 20.6. The Morgan fingerprint density at radius 2 is 2.08 bits per heavy atom. The highest BCUT2D eigenvalue weighted by molar-refractivity contribution is 5.85. The van der Waals surface area contributed by atoms with Gasteiger partial charge in [-0.2, -0.15) is 0 Å². The minimum Gasteiger partial charge on any atom is -0.406 e. The van der Waals surface area contributed by atoms with E-state index in [1.54, 1.807) is 17.0 Å². The molecule has 8 heteroatoms. The summed E-state index contributed by atoms with van der Waals surface area (Å²) in [5, 5.41) is 3.10. The second-order valence-electron chi connectivity index (χ2n) is 5.71. The van der Waals surface area contributed by atoms with Gasteiger partial charge in [0.05, 0.1) is 0 Å². The van der Waals surface area contributed by atoms with E-state index in [0.29, 0.717) is 24.6 Å². The van der Waals surface area contributed by atoms with Crippen LogP contribution in [0.3, 0.4) is 0 Å². The van der Waals surface area contributed by atoms with Crippen molar-refractivity contribution >= 4 is 18.3 Å². The first-order valence-electron chi connectivity index (χ1n) is 7.65. The average Bonchev–Trinajstić information content (AvgIpc) is 2.93. The number of likely N-dealkylation sites (tertiary alicyclic amines) is 1. The SMILES string of the molecule is CNCC1CCN(C(=O)CCc2ccccc2OC(F)(F)F)C1.Cl. The highest BCUT2D eigenvalue weighted by atomic mass is 35.5. The number of nitrogens with zero attached hydrogens (tertiary/aromatic N) is 1.